The predicted octanol–water partition coefficient (Wildman–Crippen LogP) is 2.72. The maximum atomic E-state index is 9.72. The molecular formula is C13H19NOS. The summed E-state index contributed by atoms with van der Waals surface area (Å²) in [6, 6.07) is 5.98. The van der Waals surface area contributed by atoms with Crippen LogP contribution in [0.4, 0.5) is 0 Å². The van der Waals surface area contributed by atoms with E-state index in [-0.39, 0.29) is 0 Å². The molecule has 2 nitrogen and oxygen atoms in total. The Morgan fingerprint density at radius 2 is 2.19 bits per heavy atom. The van der Waals surface area contributed by atoms with E-state index in [0.717, 1.165) is 34.6 Å². The summed E-state index contributed by atoms with van der Waals surface area (Å²) < 4.78 is 0. The van der Waals surface area contributed by atoms with Crippen LogP contribution in [0.3, 0.4) is 0 Å². The number of aliphatic hydroxyl groups is 1. The van der Waals surface area contributed by atoms with Crippen LogP contribution in [-0.2, 0) is 0 Å². The molecule has 0 aliphatic carbocycles. The van der Waals surface area contributed by atoms with Crippen LogP contribution in [0.1, 0.15) is 43.1 Å². The van der Waals surface area contributed by atoms with Crippen molar-refractivity contribution in [3.63, 3.8) is 0 Å². The Morgan fingerprint density at radius 3 is 2.75 bits per heavy atom. The molecule has 1 aromatic rings. The molecule has 0 aliphatic heterocycles. The van der Waals surface area contributed by atoms with Crippen molar-refractivity contribution in [1.29, 1.82) is 0 Å². The molecule has 1 aromatic carbocycles. The zero-order valence-corrected chi connectivity index (χ0v) is 10.9. The first kappa shape index (κ1) is 13.1. The zero-order valence-electron chi connectivity index (χ0n) is 10.1. The highest BCUT2D eigenvalue weighted by molar-refractivity contribution is 7.80. The van der Waals surface area contributed by atoms with E-state index >= 15 is 0 Å². The average Bonchev–Trinajstić information content (AvgIpc) is 2.25. The zero-order chi connectivity index (χ0) is 12.1. The fourth-order valence-electron chi connectivity index (χ4n) is 1.57. The second-order valence-corrected chi connectivity index (χ2v) is 4.43. The van der Waals surface area contributed by atoms with Gasteiger partial charge in [-0.2, -0.15) is 0 Å². The lowest BCUT2D eigenvalue weighted by Crippen LogP contribution is -2.24. The number of rotatable bonds is 4. The minimum absolute atomic E-state index is 0.490. The van der Waals surface area contributed by atoms with Gasteiger partial charge in [0.1, 0.15) is 4.99 Å². The van der Waals surface area contributed by atoms with Gasteiger partial charge < -0.3 is 10.4 Å². The van der Waals surface area contributed by atoms with Crippen LogP contribution < -0.4 is 5.32 Å². The minimum Gasteiger partial charge on any atom is -0.389 e. The molecule has 88 valence electrons. The molecule has 0 aromatic heterocycles. The van der Waals surface area contributed by atoms with Crippen LogP contribution in [0.5, 0.6) is 0 Å². The number of nitrogens with one attached hydrogen (secondary N) is 1. The molecule has 3 heteroatoms. The molecular weight excluding hydrogens is 218 g/mol. The lowest BCUT2D eigenvalue weighted by molar-refractivity contribution is 0.199. The van der Waals surface area contributed by atoms with Crippen LogP contribution in [0.2, 0.25) is 0 Å². The van der Waals surface area contributed by atoms with Gasteiger partial charge in [0.15, 0.2) is 0 Å². The van der Waals surface area contributed by atoms with E-state index in [0.29, 0.717) is 0 Å². The maximum Gasteiger partial charge on any atom is 0.106 e. The van der Waals surface area contributed by atoms with Crippen molar-refractivity contribution >= 4 is 17.2 Å². The quantitative estimate of drug-likeness (QED) is 0.790. The summed E-state index contributed by atoms with van der Waals surface area (Å²) in [6.45, 7) is 6.74. The van der Waals surface area contributed by atoms with Crippen molar-refractivity contribution in [3.8, 4) is 0 Å². The Labute approximate surface area is 103 Å². The largest absolute Gasteiger partial charge is 0.389 e. The van der Waals surface area contributed by atoms with Gasteiger partial charge in [0.05, 0.1) is 6.10 Å². The molecule has 1 unspecified atom stereocenters. The summed E-state index contributed by atoms with van der Waals surface area (Å²) in [5.41, 5.74) is 2.97. The summed E-state index contributed by atoms with van der Waals surface area (Å²) in [6.07, 6.45) is 0.548. The highest BCUT2D eigenvalue weighted by Gasteiger charge is 2.11. The molecule has 0 bridgehead atoms. The number of hydrogen-bond acceptors (Lipinski definition) is 2. The Hall–Kier alpha value is -0.930. The van der Waals surface area contributed by atoms with Crippen LogP contribution in [-0.4, -0.2) is 16.6 Å². The Morgan fingerprint density at radius 1 is 1.50 bits per heavy atom. The van der Waals surface area contributed by atoms with Gasteiger partial charge in [0.25, 0.3) is 0 Å². The minimum atomic E-state index is -0.490. The van der Waals surface area contributed by atoms with Crippen molar-refractivity contribution in [2.24, 2.45) is 0 Å². The van der Waals surface area contributed by atoms with Gasteiger partial charge in [-0.15, -0.1) is 0 Å². The molecule has 0 aliphatic rings. The Bertz CT molecular complexity index is 374. The van der Waals surface area contributed by atoms with Crippen molar-refractivity contribution < 1.29 is 5.11 Å². The van der Waals surface area contributed by atoms with Crippen molar-refractivity contribution in [2.45, 2.75) is 33.3 Å². The lowest BCUT2D eigenvalue weighted by atomic mass is 10.0. The first-order valence-corrected chi connectivity index (χ1v) is 6.04. The molecule has 0 heterocycles. The monoisotopic (exact) mass is 237 g/mol. The molecule has 1 rings (SSSR count). The SMILES string of the molecule is CCCNC(=S)c1ccc(C)cc1C(C)O. The maximum absolute atomic E-state index is 9.72. The van der Waals surface area contributed by atoms with Gasteiger partial charge in [-0.3, -0.25) is 0 Å². The summed E-state index contributed by atoms with van der Waals surface area (Å²) in [5, 5.41) is 12.9. The van der Waals surface area contributed by atoms with E-state index in [2.05, 4.69) is 12.2 Å². The molecule has 0 spiro atoms. The fraction of sp³-hybridized carbons (Fsp3) is 0.462. The van der Waals surface area contributed by atoms with E-state index in [1.54, 1.807) is 6.92 Å². The first-order chi connectivity index (χ1) is 7.56. The van der Waals surface area contributed by atoms with Crippen LogP contribution >= 0.6 is 12.2 Å². The molecule has 2 N–H and O–H groups in total. The predicted molar refractivity (Wildman–Crippen MR) is 71.8 cm³/mol. The molecule has 1 atom stereocenters. The first-order valence-electron chi connectivity index (χ1n) is 5.63. The Kier molecular flexibility index (Phi) is 4.90. The second-order valence-electron chi connectivity index (χ2n) is 4.02. The summed E-state index contributed by atoms with van der Waals surface area (Å²) in [5.74, 6) is 0. The van der Waals surface area contributed by atoms with Crippen molar-refractivity contribution in [1.82, 2.24) is 5.32 Å². The van der Waals surface area contributed by atoms with Crippen LogP contribution in [0.15, 0.2) is 18.2 Å². The number of aliphatic hydroxyl groups excluding tert-OH is 1. The standard InChI is InChI=1S/C13H19NOS/c1-4-7-14-13(16)11-6-5-9(2)8-12(11)10(3)15/h5-6,8,10,15H,4,7H2,1-3H3,(H,14,16). The van der Waals surface area contributed by atoms with Gasteiger partial charge in [-0.05, 0) is 25.8 Å². The smallest absolute Gasteiger partial charge is 0.106 e. The summed E-state index contributed by atoms with van der Waals surface area (Å²) in [4.78, 5) is 0.720. The molecule has 0 saturated heterocycles. The van der Waals surface area contributed by atoms with Crippen molar-refractivity contribution in [2.75, 3.05) is 6.54 Å². The third kappa shape index (κ3) is 3.29. The van der Waals surface area contributed by atoms with Crippen LogP contribution in [0.25, 0.3) is 0 Å². The summed E-state index contributed by atoms with van der Waals surface area (Å²) >= 11 is 5.31. The van der Waals surface area contributed by atoms with E-state index in [1.807, 2.05) is 25.1 Å². The van der Waals surface area contributed by atoms with Gasteiger partial charge in [-0.25, -0.2) is 0 Å². The molecule has 0 saturated carbocycles. The number of aryl methyl sites for hydroxylation is 1. The van der Waals surface area contributed by atoms with Gasteiger partial charge in [0, 0.05) is 12.1 Å². The normalized spacial score (nSPS) is 12.2. The fourth-order valence-corrected chi connectivity index (χ4v) is 1.86. The van der Waals surface area contributed by atoms with E-state index in [9.17, 15) is 5.11 Å². The number of benzene rings is 1. The molecule has 0 amide bonds. The van der Waals surface area contributed by atoms with E-state index in [1.165, 1.54) is 0 Å². The average molecular weight is 237 g/mol. The summed E-state index contributed by atoms with van der Waals surface area (Å²) in [7, 11) is 0. The van der Waals surface area contributed by atoms with Gasteiger partial charge >= 0.3 is 0 Å². The molecule has 16 heavy (non-hydrogen) atoms. The lowest BCUT2D eigenvalue weighted by Gasteiger charge is -2.15. The molecule has 0 radical (unpaired) electrons. The van der Waals surface area contributed by atoms with E-state index < -0.39 is 6.10 Å². The Balaban J connectivity index is 2.98. The third-order valence-electron chi connectivity index (χ3n) is 2.44. The highest BCUT2D eigenvalue weighted by Crippen LogP contribution is 2.19. The second kappa shape index (κ2) is 5.97. The van der Waals surface area contributed by atoms with Gasteiger partial charge in [0.2, 0.25) is 0 Å². The number of thiocarbonyl (C=S) groups is 1. The van der Waals surface area contributed by atoms with Crippen molar-refractivity contribution in [3.05, 3.63) is 34.9 Å². The highest BCUT2D eigenvalue weighted by atomic mass is 32.1. The van der Waals surface area contributed by atoms with Gasteiger partial charge in [-0.1, -0.05) is 42.9 Å². The van der Waals surface area contributed by atoms with E-state index in [4.69, 9.17) is 12.2 Å². The van der Waals surface area contributed by atoms with Crippen LogP contribution in [0, 0.1) is 6.92 Å². The topological polar surface area (TPSA) is 32.3 Å². The molecule has 0 fully saturated rings. The number of hydrogen-bond donors (Lipinski definition) is 2. The third-order valence-corrected chi connectivity index (χ3v) is 2.80.